The van der Waals surface area contributed by atoms with Crippen LogP contribution < -0.4 is 11.1 Å². The van der Waals surface area contributed by atoms with Gasteiger partial charge < -0.3 is 21.1 Å². The highest BCUT2D eigenvalue weighted by Crippen LogP contribution is 2.33. The molecule has 0 radical (unpaired) electrons. The first kappa shape index (κ1) is 19.6. The van der Waals surface area contributed by atoms with E-state index < -0.39 is 22.0 Å². The van der Waals surface area contributed by atoms with Gasteiger partial charge in [-0.3, -0.25) is 4.79 Å². The molecule has 27 heavy (non-hydrogen) atoms. The molecule has 2 fully saturated rings. The second-order valence-corrected chi connectivity index (χ2v) is 9.34. The number of sulfone groups is 1. The van der Waals surface area contributed by atoms with Gasteiger partial charge in [0.1, 0.15) is 0 Å². The number of nitrogens with zero attached hydrogens (tertiary/aromatic N) is 1. The van der Waals surface area contributed by atoms with Crippen LogP contribution in [0.25, 0.3) is 0 Å². The van der Waals surface area contributed by atoms with Crippen molar-refractivity contribution >= 4 is 21.8 Å². The summed E-state index contributed by atoms with van der Waals surface area (Å²) < 4.78 is 25.7. The number of nitrogens with two attached hydrogens (primary N) is 1. The van der Waals surface area contributed by atoms with Crippen molar-refractivity contribution in [2.24, 2.45) is 11.7 Å². The number of benzene rings is 1. The molecule has 2 amide bonds. The van der Waals surface area contributed by atoms with Crippen LogP contribution in [0.4, 0.5) is 4.79 Å². The number of hydrogen-bond acceptors (Lipinski definition) is 5. The van der Waals surface area contributed by atoms with Crippen LogP contribution >= 0.6 is 0 Å². The standard InChI is InChI=1S/C18H25N3O5S/c19-15-8-9-21(17(15)22)16-7-6-13(20-18(23)24)10-12(16)11-27(25,26)14-4-2-1-3-5-14/h1-5,12-13,15-16,20H,6-11,19H2,(H,23,24)/t12-,13?,15?,16-/m0/s1. The van der Waals surface area contributed by atoms with Crippen molar-refractivity contribution in [2.45, 2.75) is 48.7 Å². The van der Waals surface area contributed by atoms with Crippen molar-refractivity contribution in [3.8, 4) is 0 Å². The molecular weight excluding hydrogens is 370 g/mol. The summed E-state index contributed by atoms with van der Waals surface area (Å²) in [6.07, 6.45) is 0.935. The monoisotopic (exact) mass is 395 g/mol. The van der Waals surface area contributed by atoms with Gasteiger partial charge in [0.2, 0.25) is 5.91 Å². The van der Waals surface area contributed by atoms with Gasteiger partial charge in [-0.05, 0) is 43.7 Å². The van der Waals surface area contributed by atoms with E-state index in [-0.39, 0.29) is 34.6 Å². The van der Waals surface area contributed by atoms with E-state index >= 15 is 0 Å². The molecular formula is C18H25N3O5S. The van der Waals surface area contributed by atoms with Crippen molar-refractivity contribution in [3.63, 3.8) is 0 Å². The number of hydrogen-bond donors (Lipinski definition) is 3. The minimum Gasteiger partial charge on any atom is -0.465 e. The quantitative estimate of drug-likeness (QED) is 0.677. The van der Waals surface area contributed by atoms with Crippen LogP contribution in [0.3, 0.4) is 0 Å². The molecule has 2 aliphatic rings. The van der Waals surface area contributed by atoms with Crippen molar-refractivity contribution in [3.05, 3.63) is 30.3 Å². The predicted octanol–water partition coefficient (Wildman–Crippen LogP) is 0.825. The Hall–Kier alpha value is -2.13. The van der Waals surface area contributed by atoms with Crippen LogP contribution in [-0.4, -0.2) is 60.8 Å². The number of amides is 2. The summed E-state index contributed by atoms with van der Waals surface area (Å²) >= 11 is 0. The van der Waals surface area contributed by atoms with Crippen LogP contribution in [-0.2, 0) is 14.6 Å². The molecule has 2 unspecified atom stereocenters. The molecule has 3 rings (SSSR count). The Morgan fingerprint density at radius 1 is 1.22 bits per heavy atom. The first-order valence-corrected chi connectivity index (χ1v) is 10.8. The highest BCUT2D eigenvalue weighted by molar-refractivity contribution is 7.91. The molecule has 1 heterocycles. The fourth-order valence-corrected chi connectivity index (χ4v) is 5.89. The zero-order valence-corrected chi connectivity index (χ0v) is 15.8. The minimum atomic E-state index is -3.55. The van der Waals surface area contributed by atoms with E-state index in [1.807, 2.05) is 0 Å². The summed E-state index contributed by atoms with van der Waals surface area (Å²) in [5, 5.41) is 11.5. The molecule has 4 atom stereocenters. The molecule has 0 bridgehead atoms. The maximum Gasteiger partial charge on any atom is 0.404 e. The van der Waals surface area contributed by atoms with Gasteiger partial charge in [-0.25, -0.2) is 13.2 Å². The highest BCUT2D eigenvalue weighted by Gasteiger charge is 2.42. The molecule has 9 heteroatoms. The van der Waals surface area contributed by atoms with E-state index in [1.54, 1.807) is 35.2 Å². The normalized spacial score (nSPS) is 28.9. The Morgan fingerprint density at radius 2 is 1.93 bits per heavy atom. The van der Waals surface area contributed by atoms with Crippen LogP contribution in [0.5, 0.6) is 0 Å². The average molecular weight is 395 g/mol. The van der Waals surface area contributed by atoms with Gasteiger partial charge >= 0.3 is 6.09 Å². The first-order chi connectivity index (χ1) is 12.8. The van der Waals surface area contributed by atoms with E-state index in [9.17, 15) is 18.0 Å². The van der Waals surface area contributed by atoms with Crippen LogP contribution in [0.1, 0.15) is 25.7 Å². The van der Waals surface area contributed by atoms with Crippen LogP contribution in [0.15, 0.2) is 35.2 Å². The summed E-state index contributed by atoms with van der Waals surface area (Å²) in [6, 6.07) is 7.10. The number of carbonyl (C=O) groups excluding carboxylic acids is 1. The fourth-order valence-electron chi connectivity index (χ4n) is 4.20. The second kappa shape index (κ2) is 7.85. The topological polar surface area (TPSA) is 130 Å². The third-order valence-corrected chi connectivity index (χ3v) is 7.34. The Balaban J connectivity index is 1.83. The second-order valence-electron chi connectivity index (χ2n) is 7.31. The molecule has 1 saturated carbocycles. The number of nitrogens with one attached hydrogen (secondary N) is 1. The largest absolute Gasteiger partial charge is 0.465 e. The Kier molecular flexibility index (Phi) is 5.71. The zero-order chi connectivity index (χ0) is 19.6. The Bertz CT molecular complexity index is 798. The molecule has 4 N–H and O–H groups in total. The Labute approximate surface area is 158 Å². The molecule has 1 aromatic carbocycles. The maximum absolute atomic E-state index is 12.9. The zero-order valence-electron chi connectivity index (χ0n) is 15.0. The molecule has 1 aliphatic carbocycles. The summed E-state index contributed by atoms with van der Waals surface area (Å²) in [5.41, 5.74) is 5.83. The Morgan fingerprint density at radius 3 is 2.52 bits per heavy atom. The van der Waals surface area contributed by atoms with E-state index in [0.717, 1.165) is 0 Å². The lowest BCUT2D eigenvalue weighted by atomic mass is 9.81. The minimum absolute atomic E-state index is 0.126. The molecule has 8 nitrogen and oxygen atoms in total. The molecule has 0 spiro atoms. The lowest BCUT2D eigenvalue weighted by Crippen LogP contribution is -2.52. The van der Waals surface area contributed by atoms with Crippen LogP contribution in [0, 0.1) is 5.92 Å². The SMILES string of the molecule is NC1CCN([C@H]2CCC(NC(=O)O)C[C@H]2CS(=O)(=O)c2ccccc2)C1=O. The van der Waals surface area contributed by atoms with Crippen LogP contribution in [0.2, 0.25) is 0 Å². The number of carbonyl (C=O) groups is 2. The van der Waals surface area contributed by atoms with Gasteiger partial charge in [0, 0.05) is 18.6 Å². The van der Waals surface area contributed by atoms with Gasteiger partial charge in [-0.2, -0.15) is 0 Å². The summed E-state index contributed by atoms with van der Waals surface area (Å²) in [5.74, 6) is -0.625. The lowest BCUT2D eigenvalue weighted by molar-refractivity contribution is -0.132. The molecule has 1 saturated heterocycles. The summed E-state index contributed by atoms with van der Waals surface area (Å²) in [4.78, 5) is 25.3. The highest BCUT2D eigenvalue weighted by atomic mass is 32.2. The third kappa shape index (κ3) is 4.41. The summed E-state index contributed by atoms with van der Waals surface area (Å²) in [7, 11) is -3.55. The van der Waals surface area contributed by atoms with E-state index in [2.05, 4.69) is 5.32 Å². The van der Waals surface area contributed by atoms with Gasteiger partial charge in [0.15, 0.2) is 9.84 Å². The summed E-state index contributed by atoms with van der Waals surface area (Å²) in [6.45, 7) is 0.517. The molecule has 1 aliphatic heterocycles. The van der Waals surface area contributed by atoms with Gasteiger partial charge in [0.25, 0.3) is 0 Å². The van der Waals surface area contributed by atoms with Gasteiger partial charge in [-0.15, -0.1) is 0 Å². The molecule has 0 aromatic heterocycles. The van der Waals surface area contributed by atoms with E-state index in [4.69, 9.17) is 10.8 Å². The molecule has 148 valence electrons. The predicted molar refractivity (Wildman–Crippen MR) is 98.9 cm³/mol. The fraction of sp³-hybridized carbons (Fsp3) is 0.556. The smallest absolute Gasteiger partial charge is 0.404 e. The number of rotatable bonds is 5. The maximum atomic E-state index is 12.9. The number of likely N-dealkylation sites (tertiary alicyclic amines) is 1. The average Bonchev–Trinajstić information content (AvgIpc) is 2.94. The lowest BCUT2D eigenvalue weighted by Gasteiger charge is -2.41. The van der Waals surface area contributed by atoms with E-state index in [1.165, 1.54) is 0 Å². The van der Waals surface area contributed by atoms with Gasteiger partial charge in [-0.1, -0.05) is 18.2 Å². The van der Waals surface area contributed by atoms with Crippen molar-refractivity contribution in [1.29, 1.82) is 0 Å². The third-order valence-electron chi connectivity index (χ3n) is 5.49. The van der Waals surface area contributed by atoms with Crippen molar-refractivity contribution in [2.75, 3.05) is 12.3 Å². The van der Waals surface area contributed by atoms with Crippen molar-refractivity contribution < 1.29 is 23.1 Å². The first-order valence-electron chi connectivity index (χ1n) is 9.11. The van der Waals surface area contributed by atoms with Crippen molar-refractivity contribution in [1.82, 2.24) is 10.2 Å². The number of carboxylic acid groups (broad SMARTS) is 1. The van der Waals surface area contributed by atoms with E-state index in [0.29, 0.717) is 32.2 Å². The molecule has 1 aromatic rings. The van der Waals surface area contributed by atoms with Gasteiger partial charge in [0.05, 0.1) is 16.7 Å².